The lowest BCUT2D eigenvalue weighted by atomic mass is 10.1. The molecule has 1 atom stereocenters. The number of ether oxygens (including phenoxy) is 1. The molecule has 0 fully saturated rings. The third-order valence-corrected chi connectivity index (χ3v) is 2.56. The van der Waals surface area contributed by atoms with Crippen LogP contribution >= 0.6 is 0 Å². The van der Waals surface area contributed by atoms with E-state index in [2.05, 4.69) is 10.5 Å². The van der Waals surface area contributed by atoms with E-state index in [1.54, 1.807) is 7.11 Å². The monoisotopic (exact) mass is 237 g/mol. The summed E-state index contributed by atoms with van der Waals surface area (Å²) >= 11 is 0. The molecule has 0 heterocycles. The molecule has 0 aliphatic carbocycles. The van der Waals surface area contributed by atoms with Crippen molar-refractivity contribution in [3.05, 3.63) is 29.8 Å². The van der Waals surface area contributed by atoms with Crippen molar-refractivity contribution in [2.75, 3.05) is 13.7 Å². The fourth-order valence-electron chi connectivity index (χ4n) is 1.38. The van der Waals surface area contributed by atoms with Gasteiger partial charge in [0.25, 0.3) is 0 Å². The van der Waals surface area contributed by atoms with E-state index in [1.807, 2.05) is 31.2 Å². The van der Waals surface area contributed by atoms with Crippen molar-refractivity contribution in [2.24, 2.45) is 16.8 Å². The van der Waals surface area contributed by atoms with E-state index in [1.165, 1.54) is 0 Å². The molecule has 0 spiro atoms. The van der Waals surface area contributed by atoms with Crippen LogP contribution in [-0.4, -0.2) is 24.7 Å². The van der Waals surface area contributed by atoms with Crippen molar-refractivity contribution < 1.29 is 9.94 Å². The molecule has 5 heteroatoms. The van der Waals surface area contributed by atoms with Gasteiger partial charge in [0.15, 0.2) is 0 Å². The summed E-state index contributed by atoms with van der Waals surface area (Å²) in [5.74, 6) is 1.10. The fourth-order valence-corrected chi connectivity index (χ4v) is 1.38. The zero-order valence-electron chi connectivity index (χ0n) is 10.2. The van der Waals surface area contributed by atoms with Gasteiger partial charge in [-0.1, -0.05) is 24.2 Å². The second-order valence-corrected chi connectivity index (χ2v) is 3.90. The van der Waals surface area contributed by atoms with Crippen LogP contribution in [0.15, 0.2) is 29.4 Å². The van der Waals surface area contributed by atoms with Gasteiger partial charge in [0.05, 0.1) is 7.11 Å². The van der Waals surface area contributed by atoms with Gasteiger partial charge in [-0.3, -0.25) is 0 Å². The number of hydrogen-bond donors (Lipinski definition) is 3. The molecule has 0 saturated heterocycles. The molecule has 4 N–H and O–H groups in total. The number of nitrogens with one attached hydrogen (secondary N) is 1. The van der Waals surface area contributed by atoms with Crippen LogP contribution in [0.1, 0.15) is 12.5 Å². The topological polar surface area (TPSA) is 79.9 Å². The first-order valence-electron chi connectivity index (χ1n) is 5.48. The minimum Gasteiger partial charge on any atom is -0.497 e. The number of nitrogens with two attached hydrogens (primary N) is 1. The van der Waals surface area contributed by atoms with Crippen LogP contribution in [-0.2, 0) is 6.54 Å². The van der Waals surface area contributed by atoms with Crippen LogP contribution in [0.2, 0.25) is 0 Å². The van der Waals surface area contributed by atoms with E-state index in [0.29, 0.717) is 6.54 Å². The number of methoxy groups -OCH3 is 1. The molecule has 0 radical (unpaired) electrons. The molecule has 5 nitrogen and oxygen atoms in total. The van der Waals surface area contributed by atoms with Crippen molar-refractivity contribution in [1.82, 2.24) is 5.32 Å². The predicted molar refractivity (Wildman–Crippen MR) is 67.3 cm³/mol. The Hall–Kier alpha value is -1.75. The van der Waals surface area contributed by atoms with Gasteiger partial charge in [0.1, 0.15) is 11.6 Å². The Morgan fingerprint density at radius 3 is 2.65 bits per heavy atom. The second kappa shape index (κ2) is 6.75. The maximum absolute atomic E-state index is 8.50. The molecule has 94 valence electrons. The van der Waals surface area contributed by atoms with Gasteiger partial charge < -0.3 is 21.0 Å². The van der Waals surface area contributed by atoms with E-state index >= 15 is 0 Å². The van der Waals surface area contributed by atoms with Gasteiger partial charge in [0, 0.05) is 19.0 Å². The molecule has 1 rings (SSSR count). The Balaban J connectivity index is 2.35. The first-order chi connectivity index (χ1) is 8.17. The van der Waals surface area contributed by atoms with Crippen LogP contribution in [0.4, 0.5) is 0 Å². The zero-order chi connectivity index (χ0) is 12.7. The highest BCUT2D eigenvalue weighted by Gasteiger charge is 2.06. The molecule has 1 unspecified atom stereocenters. The van der Waals surface area contributed by atoms with Gasteiger partial charge >= 0.3 is 0 Å². The van der Waals surface area contributed by atoms with Crippen LogP contribution in [0.5, 0.6) is 5.75 Å². The number of hydrogen-bond acceptors (Lipinski definition) is 4. The quantitative estimate of drug-likeness (QED) is 0.300. The number of benzene rings is 1. The molecular formula is C12H19N3O2. The van der Waals surface area contributed by atoms with Gasteiger partial charge in [-0.15, -0.1) is 0 Å². The summed E-state index contributed by atoms with van der Waals surface area (Å²) in [7, 11) is 1.64. The molecule has 0 aliphatic rings. The lowest BCUT2D eigenvalue weighted by Crippen LogP contribution is -2.31. The lowest BCUT2D eigenvalue weighted by molar-refractivity contribution is 0.314. The molecular weight excluding hydrogens is 218 g/mol. The third-order valence-electron chi connectivity index (χ3n) is 2.56. The van der Waals surface area contributed by atoms with E-state index < -0.39 is 0 Å². The first-order valence-corrected chi connectivity index (χ1v) is 5.48. The summed E-state index contributed by atoms with van der Waals surface area (Å²) in [6.07, 6.45) is 0. The molecule has 0 amide bonds. The van der Waals surface area contributed by atoms with E-state index in [-0.39, 0.29) is 11.8 Å². The fraction of sp³-hybridized carbons (Fsp3) is 0.417. The average Bonchev–Trinajstić information content (AvgIpc) is 2.38. The Kier molecular flexibility index (Phi) is 5.29. The van der Waals surface area contributed by atoms with Crippen LogP contribution in [0, 0.1) is 5.92 Å². The molecule has 1 aromatic rings. The second-order valence-electron chi connectivity index (χ2n) is 3.90. The van der Waals surface area contributed by atoms with Crippen molar-refractivity contribution in [3.8, 4) is 5.75 Å². The SMILES string of the molecule is COc1ccc(CNCC(C)/C(N)=N/O)cc1. The molecule has 1 aromatic carbocycles. The van der Waals surface area contributed by atoms with Crippen LogP contribution in [0.25, 0.3) is 0 Å². The van der Waals surface area contributed by atoms with E-state index in [4.69, 9.17) is 15.7 Å². The maximum Gasteiger partial charge on any atom is 0.143 e. The van der Waals surface area contributed by atoms with Crippen LogP contribution < -0.4 is 15.8 Å². The van der Waals surface area contributed by atoms with Crippen molar-refractivity contribution in [1.29, 1.82) is 0 Å². The first kappa shape index (κ1) is 13.3. The van der Waals surface area contributed by atoms with E-state index in [9.17, 15) is 0 Å². The van der Waals surface area contributed by atoms with Gasteiger partial charge in [-0.2, -0.15) is 0 Å². The highest BCUT2D eigenvalue weighted by atomic mass is 16.5. The number of amidine groups is 1. The van der Waals surface area contributed by atoms with Gasteiger partial charge in [0.2, 0.25) is 0 Å². The van der Waals surface area contributed by atoms with Crippen molar-refractivity contribution in [3.63, 3.8) is 0 Å². The van der Waals surface area contributed by atoms with E-state index in [0.717, 1.165) is 17.9 Å². The average molecular weight is 237 g/mol. The summed E-state index contributed by atoms with van der Waals surface area (Å²) in [5.41, 5.74) is 6.64. The van der Waals surface area contributed by atoms with Crippen molar-refractivity contribution in [2.45, 2.75) is 13.5 Å². The number of nitrogens with zero attached hydrogens (tertiary/aromatic N) is 1. The Morgan fingerprint density at radius 2 is 2.12 bits per heavy atom. The highest BCUT2D eigenvalue weighted by Crippen LogP contribution is 2.10. The Bertz CT molecular complexity index is 363. The number of oxime groups is 1. The Morgan fingerprint density at radius 1 is 1.47 bits per heavy atom. The minimum absolute atomic E-state index is 0.0123. The van der Waals surface area contributed by atoms with Gasteiger partial charge in [-0.25, -0.2) is 0 Å². The predicted octanol–water partition coefficient (Wildman–Crippen LogP) is 1.17. The minimum atomic E-state index is 0.0123. The van der Waals surface area contributed by atoms with Crippen LogP contribution in [0.3, 0.4) is 0 Å². The zero-order valence-corrected chi connectivity index (χ0v) is 10.2. The summed E-state index contributed by atoms with van der Waals surface area (Å²) < 4.78 is 5.08. The molecule has 0 aliphatic heterocycles. The molecule has 17 heavy (non-hydrogen) atoms. The standard InChI is InChI=1S/C12H19N3O2/c1-9(12(13)15-16)7-14-8-10-3-5-11(17-2)6-4-10/h3-6,9,14,16H,7-8H2,1-2H3,(H2,13,15). The normalized spacial score (nSPS) is 13.4. The Labute approximate surface area is 101 Å². The van der Waals surface area contributed by atoms with Crippen molar-refractivity contribution >= 4 is 5.84 Å². The maximum atomic E-state index is 8.50. The molecule has 0 saturated carbocycles. The molecule has 0 aromatic heterocycles. The largest absolute Gasteiger partial charge is 0.497 e. The summed E-state index contributed by atoms with van der Waals surface area (Å²) in [5, 5.41) is 14.7. The highest BCUT2D eigenvalue weighted by molar-refractivity contribution is 5.82. The number of rotatable bonds is 6. The third kappa shape index (κ3) is 4.32. The smallest absolute Gasteiger partial charge is 0.143 e. The summed E-state index contributed by atoms with van der Waals surface area (Å²) in [6, 6.07) is 7.84. The lowest BCUT2D eigenvalue weighted by Gasteiger charge is -2.11. The molecule has 0 bridgehead atoms. The summed E-state index contributed by atoms with van der Waals surface area (Å²) in [4.78, 5) is 0. The summed E-state index contributed by atoms with van der Waals surface area (Å²) in [6.45, 7) is 3.31. The van der Waals surface area contributed by atoms with Gasteiger partial charge in [-0.05, 0) is 17.7 Å².